The number of anilines is 1. The predicted octanol–water partition coefficient (Wildman–Crippen LogP) is 2.70. The lowest BCUT2D eigenvalue weighted by atomic mass is 10.3. The maximum atomic E-state index is 12.1. The van der Waals surface area contributed by atoms with Crippen LogP contribution in [0.1, 0.15) is 0 Å². The van der Waals surface area contributed by atoms with Gasteiger partial charge in [-0.15, -0.1) is 22.0 Å². The number of furan rings is 1. The zero-order valence-electron chi connectivity index (χ0n) is 12.8. The average Bonchev–Trinajstić information content (AvgIpc) is 3.23. The number of nitrogen functional groups attached to an aromatic ring is 1. The summed E-state index contributed by atoms with van der Waals surface area (Å²) in [5.41, 5.74) is 0.762. The summed E-state index contributed by atoms with van der Waals surface area (Å²) >= 11 is 2.83. The lowest BCUT2D eigenvalue weighted by Crippen LogP contribution is -2.16. The zero-order chi connectivity index (χ0) is 16.9. The number of hydrogen-bond acceptors (Lipinski definition) is 7. The highest BCUT2D eigenvalue weighted by atomic mass is 32.2. The van der Waals surface area contributed by atoms with Crippen molar-refractivity contribution in [2.45, 2.75) is 10.1 Å². The second kappa shape index (κ2) is 7.45. The molecule has 0 atom stereocenters. The van der Waals surface area contributed by atoms with E-state index in [0.29, 0.717) is 16.7 Å². The van der Waals surface area contributed by atoms with Crippen LogP contribution in [0.3, 0.4) is 0 Å². The maximum absolute atomic E-state index is 12.1. The number of hydrogen-bond donors (Lipinski definition) is 2. The van der Waals surface area contributed by atoms with Crippen molar-refractivity contribution in [1.82, 2.24) is 14.9 Å². The number of nitrogens with two attached hydrogens (primary N) is 1. The molecule has 0 saturated carbocycles. The summed E-state index contributed by atoms with van der Waals surface area (Å²) in [5, 5.41) is 11.3. The van der Waals surface area contributed by atoms with Crippen LogP contribution in [-0.4, -0.2) is 32.8 Å². The van der Waals surface area contributed by atoms with E-state index in [1.807, 2.05) is 30.5 Å². The molecular weight excluding hydrogens is 346 g/mol. The van der Waals surface area contributed by atoms with Gasteiger partial charge in [-0.25, -0.2) is 4.68 Å². The van der Waals surface area contributed by atoms with Gasteiger partial charge in [0.05, 0.1) is 12.0 Å². The molecule has 0 aliphatic rings. The third-order valence-corrected chi connectivity index (χ3v) is 4.76. The Labute approximate surface area is 147 Å². The van der Waals surface area contributed by atoms with Gasteiger partial charge in [-0.2, -0.15) is 0 Å². The van der Waals surface area contributed by atoms with E-state index in [1.165, 1.54) is 22.7 Å². The van der Waals surface area contributed by atoms with Gasteiger partial charge >= 0.3 is 0 Å². The molecule has 0 bridgehead atoms. The summed E-state index contributed by atoms with van der Waals surface area (Å²) < 4.78 is 6.56. The molecule has 0 fully saturated rings. The third-order valence-electron chi connectivity index (χ3n) is 3.09. The van der Waals surface area contributed by atoms with Crippen LogP contribution in [0.5, 0.6) is 0 Å². The molecule has 1 aromatic carbocycles. The number of benzene rings is 1. The highest BCUT2D eigenvalue weighted by Crippen LogP contribution is 2.22. The minimum Gasteiger partial charge on any atom is -0.461 e. The Hall–Kier alpha value is -2.39. The third kappa shape index (κ3) is 3.74. The standard InChI is InChI=1S/C15H15N5O2S2/c1-23-11-5-2-4-10(8-11)17-13(21)9-24-15-19-18-14(20(15)16)12-6-3-7-22-12/h2-8H,9,16H2,1H3,(H,17,21). The first-order valence-electron chi connectivity index (χ1n) is 6.98. The molecule has 2 heterocycles. The number of nitrogens with zero attached hydrogens (tertiary/aromatic N) is 3. The molecule has 24 heavy (non-hydrogen) atoms. The van der Waals surface area contributed by atoms with Crippen molar-refractivity contribution in [1.29, 1.82) is 0 Å². The molecule has 0 aliphatic carbocycles. The molecule has 0 saturated heterocycles. The van der Waals surface area contributed by atoms with Crippen molar-refractivity contribution in [3.8, 4) is 11.6 Å². The number of rotatable bonds is 6. The SMILES string of the molecule is CSc1cccc(NC(=O)CSc2nnc(-c3ccco3)n2N)c1. The van der Waals surface area contributed by atoms with Crippen molar-refractivity contribution in [3.05, 3.63) is 42.7 Å². The van der Waals surface area contributed by atoms with E-state index in [-0.39, 0.29) is 11.7 Å². The molecule has 1 amide bonds. The van der Waals surface area contributed by atoms with E-state index in [9.17, 15) is 4.79 Å². The zero-order valence-corrected chi connectivity index (χ0v) is 14.4. The largest absolute Gasteiger partial charge is 0.461 e. The minimum absolute atomic E-state index is 0.138. The van der Waals surface area contributed by atoms with E-state index < -0.39 is 0 Å². The van der Waals surface area contributed by atoms with Crippen LogP contribution in [0.2, 0.25) is 0 Å². The highest BCUT2D eigenvalue weighted by molar-refractivity contribution is 7.99. The fourth-order valence-corrected chi connectivity index (χ4v) is 3.09. The molecule has 9 heteroatoms. The van der Waals surface area contributed by atoms with Crippen LogP contribution in [0.4, 0.5) is 5.69 Å². The Kier molecular flexibility index (Phi) is 5.11. The molecular formula is C15H15N5O2S2. The number of thioether (sulfide) groups is 2. The highest BCUT2D eigenvalue weighted by Gasteiger charge is 2.15. The quantitative estimate of drug-likeness (QED) is 0.514. The Morgan fingerprint density at radius 1 is 1.33 bits per heavy atom. The van der Waals surface area contributed by atoms with Crippen molar-refractivity contribution < 1.29 is 9.21 Å². The fourth-order valence-electron chi connectivity index (χ4n) is 1.98. The minimum atomic E-state index is -0.138. The molecule has 0 radical (unpaired) electrons. The van der Waals surface area contributed by atoms with Crippen LogP contribution in [0.25, 0.3) is 11.6 Å². The Morgan fingerprint density at radius 3 is 2.96 bits per heavy atom. The van der Waals surface area contributed by atoms with Gasteiger partial charge in [0.25, 0.3) is 0 Å². The smallest absolute Gasteiger partial charge is 0.234 e. The van der Waals surface area contributed by atoms with Crippen molar-refractivity contribution in [2.24, 2.45) is 0 Å². The number of nitrogens with one attached hydrogen (secondary N) is 1. The second-order valence-electron chi connectivity index (χ2n) is 4.72. The number of carbonyl (C=O) groups is 1. The van der Waals surface area contributed by atoms with Gasteiger partial charge in [0.1, 0.15) is 0 Å². The summed E-state index contributed by atoms with van der Waals surface area (Å²) in [6.07, 6.45) is 3.52. The van der Waals surface area contributed by atoms with Crippen molar-refractivity contribution in [2.75, 3.05) is 23.2 Å². The summed E-state index contributed by atoms with van der Waals surface area (Å²) in [6.45, 7) is 0. The molecule has 3 rings (SSSR count). The first-order chi connectivity index (χ1) is 11.7. The summed E-state index contributed by atoms with van der Waals surface area (Å²) in [7, 11) is 0. The van der Waals surface area contributed by atoms with Crippen LogP contribution in [-0.2, 0) is 4.79 Å². The van der Waals surface area contributed by atoms with Crippen LogP contribution < -0.4 is 11.2 Å². The summed E-state index contributed by atoms with van der Waals surface area (Å²) in [6, 6.07) is 11.2. The Morgan fingerprint density at radius 2 is 2.21 bits per heavy atom. The Balaban J connectivity index is 1.60. The number of aromatic nitrogens is 3. The van der Waals surface area contributed by atoms with Crippen LogP contribution >= 0.6 is 23.5 Å². The maximum Gasteiger partial charge on any atom is 0.234 e. The van der Waals surface area contributed by atoms with E-state index in [1.54, 1.807) is 23.9 Å². The Bertz CT molecular complexity index is 832. The van der Waals surface area contributed by atoms with Crippen molar-refractivity contribution in [3.63, 3.8) is 0 Å². The van der Waals surface area contributed by atoms with Gasteiger partial charge in [0, 0.05) is 10.6 Å². The second-order valence-corrected chi connectivity index (χ2v) is 6.54. The summed E-state index contributed by atoms with van der Waals surface area (Å²) in [4.78, 5) is 13.2. The van der Waals surface area contributed by atoms with Gasteiger partial charge in [0.2, 0.25) is 16.9 Å². The van der Waals surface area contributed by atoms with E-state index in [4.69, 9.17) is 10.3 Å². The van der Waals surface area contributed by atoms with E-state index in [0.717, 1.165) is 10.6 Å². The predicted molar refractivity (Wildman–Crippen MR) is 95.5 cm³/mol. The summed E-state index contributed by atoms with van der Waals surface area (Å²) in [5.74, 6) is 6.92. The number of amides is 1. The van der Waals surface area contributed by atoms with Gasteiger partial charge in [-0.3, -0.25) is 4.79 Å². The normalized spacial score (nSPS) is 10.7. The molecule has 0 spiro atoms. The van der Waals surface area contributed by atoms with Gasteiger partial charge in [0.15, 0.2) is 5.76 Å². The van der Waals surface area contributed by atoms with E-state index >= 15 is 0 Å². The van der Waals surface area contributed by atoms with Crippen molar-refractivity contribution >= 4 is 35.1 Å². The molecule has 7 nitrogen and oxygen atoms in total. The van der Waals surface area contributed by atoms with Gasteiger partial charge < -0.3 is 15.6 Å². The van der Waals surface area contributed by atoms with Crippen LogP contribution in [0.15, 0.2) is 57.1 Å². The lowest BCUT2D eigenvalue weighted by Gasteiger charge is -2.06. The lowest BCUT2D eigenvalue weighted by molar-refractivity contribution is -0.113. The molecule has 0 aliphatic heterocycles. The van der Waals surface area contributed by atoms with Crippen LogP contribution in [0, 0.1) is 0 Å². The molecule has 124 valence electrons. The fraction of sp³-hybridized carbons (Fsp3) is 0.133. The molecule has 3 N–H and O–H groups in total. The first kappa shape index (κ1) is 16.5. The number of carbonyl (C=O) groups excluding carboxylic acids is 1. The topological polar surface area (TPSA) is 99.0 Å². The average molecular weight is 361 g/mol. The molecule has 2 aromatic heterocycles. The van der Waals surface area contributed by atoms with Gasteiger partial charge in [-0.1, -0.05) is 17.8 Å². The van der Waals surface area contributed by atoms with Gasteiger partial charge in [-0.05, 0) is 36.6 Å². The molecule has 3 aromatic rings. The monoisotopic (exact) mass is 361 g/mol. The molecule has 0 unspecified atom stereocenters. The first-order valence-corrected chi connectivity index (χ1v) is 9.19. The van der Waals surface area contributed by atoms with E-state index in [2.05, 4.69) is 15.5 Å².